The Morgan fingerprint density at radius 3 is 1.32 bits per heavy atom. The standard InChI is InChI=1S/C20H24N2/c1-19(2,3)17-18(20(4,5)6)22-16-12-14-10-8-7-9-13(14)11-15(16)21-17/h7-12H,1-6H3. The summed E-state index contributed by atoms with van der Waals surface area (Å²) in [5.41, 5.74) is 4.13. The van der Waals surface area contributed by atoms with Gasteiger partial charge in [-0.3, -0.25) is 0 Å². The van der Waals surface area contributed by atoms with Crippen LogP contribution in [0.15, 0.2) is 36.4 Å². The van der Waals surface area contributed by atoms with Crippen molar-refractivity contribution in [3.8, 4) is 0 Å². The lowest BCUT2D eigenvalue weighted by molar-refractivity contribution is 0.502. The highest BCUT2D eigenvalue weighted by atomic mass is 14.9. The van der Waals surface area contributed by atoms with Crippen molar-refractivity contribution in [1.82, 2.24) is 9.97 Å². The van der Waals surface area contributed by atoms with Gasteiger partial charge in [-0.05, 0) is 22.9 Å². The van der Waals surface area contributed by atoms with Gasteiger partial charge in [0.1, 0.15) is 0 Å². The molecule has 0 aliphatic heterocycles. The van der Waals surface area contributed by atoms with E-state index in [2.05, 4.69) is 77.9 Å². The summed E-state index contributed by atoms with van der Waals surface area (Å²) in [7, 11) is 0. The van der Waals surface area contributed by atoms with Crippen LogP contribution in [0.25, 0.3) is 21.8 Å². The summed E-state index contributed by atoms with van der Waals surface area (Å²) in [4.78, 5) is 10.0. The van der Waals surface area contributed by atoms with Crippen molar-refractivity contribution in [3.63, 3.8) is 0 Å². The van der Waals surface area contributed by atoms with Crippen LogP contribution in [0.5, 0.6) is 0 Å². The van der Waals surface area contributed by atoms with Crippen LogP contribution in [0.1, 0.15) is 52.9 Å². The van der Waals surface area contributed by atoms with E-state index >= 15 is 0 Å². The molecular weight excluding hydrogens is 268 g/mol. The first-order valence-corrected chi connectivity index (χ1v) is 7.88. The van der Waals surface area contributed by atoms with E-state index in [4.69, 9.17) is 9.97 Å². The van der Waals surface area contributed by atoms with Crippen LogP contribution >= 0.6 is 0 Å². The second-order valence-electron chi connectivity index (χ2n) is 8.11. The van der Waals surface area contributed by atoms with E-state index < -0.39 is 0 Å². The maximum atomic E-state index is 5.00. The highest BCUT2D eigenvalue weighted by Gasteiger charge is 2.28. The van der Waals surface area contributed by atoms with Gasteiger partial charge in [-0.15, -0.1) is 0 Å². The van der Waals surface area contributed by atoms with Crippen molar-refractivity contribution in [3.05, 3.63) is 47.8 Å². The molecule has 1 aromatic heterocycles. The molecule has 0 spiro atoms. The number of nitrogens with zero attached hydrogens (tertiary/aromatic N) is 2. The van der Waals surface area contributed by atoms with E-state index in [-0.39, 0.29) is 10.8 Å². The molecule has 0 saturated carbocycles. The average molecular weight is 292 g/mol. The minimum absolute atomic E-state index is 0.0184. The third-order valence-electron chi connectivity index (χ3n) is 3.95. The molecule has 114 valence electrons. The SMILES string of the molecule is CC(C)(C)c1nc2cc3ccccc3cc2nc1C(C)(C)C. The highest BCUT2D eigenvalue weighted by Crippen LogP contribution is 2.33. The molecule has 2 heteroatoms. The molecule has 0 amide bonds. The van der Waals surface area contributed by atoms with Crippen molar-refractivity contribution < 1.29 is 0 Å². The van der Waals surface area contributed by atoms with Crippen molar-refractivity contribution in [2.75, 3.05) is 0 Å². The van der Waals surface area contributed by atoms with Crippen LogP contribution in [-0.2, 0) is 10.8 Å². The molecule has 0 saturated heterocycles. The molecule has 0 atom stereocenters. The summed E-state index contributed by atoms with van der Waals surface area (Å²) in [6.45, 7) is 13.2. The summed E-state index contributed by atoms with van der Waals surface area (Å²) in [5, 5.41) is 2.43. The number of hydrogen-bond acceptors (Lipinski definition) is 2. The summed E-state index contributed by atoms with van der Waals surface area (Å²) < 4.78 is 0. The first-order valence-electron chi connectivity index (χ1n) is 7.88. The Labute approximate surface area is 132 Å². The van der Waals surface area contributed by atoms with E-state index in [0.717, 1.165) is 22.4 Å². The largest absolute Gasteiger partial charge is 0.249 e. The first kappa shape index (κ1) is 15.0. The molecule has 0 fully saturated rings. The van der Waals surface area contributed by atoms with Gasteiger partial charge in [-0.1, -0.05) is 65.8 Å². The quantitative estimate of drug-likeness (QED) is 0.520. The third-order valence-corrected chi connectivity index (χ3v) is 3.95. The lowest BCUT2D eigenvalue weighted by atomic mass is 9.81. The summed E-state index contributed by atoms with van der Waals surface area (Å²) >= 11 is 0. The van der Waals surface area contributed by atoms with Crippen molar-refractivity contribution in [2.24, 2.45) is 0 Å². The number of aromatic nitrogens is 2. The van der Waals surface area contributed by atoms with Crippen LogP contribution in [0.4, 0.5) is 0 Å². The van der Waals surface area contributed by atoms with Crippen LogP contribution < -0.4 is 0 Å². The second kappa shape index (κ2) is 4.77. The van der Waals surface area contributed by atoms with Gasteiger partial charge in [-0.2, -0.15) is 0 Å². The first-order chi connectivity index (χ1) is 10.2. The fourth-order valence-corrected chi connectivity index (χ4v) is 2.79. The summed E-state index contributed by atoms with van der Waals surface area (Å²) in [6.07, 6.45) is 0. The molecule has 3 aromatic rings. The maximum Gasteiger partial charge on any atom is 0.0897 e. The molecule has 0 unspecified atom stereocenters. The number of benzene rings is 2. The van der Waals surface area contributed by atoms with Gasteiger partial charge in [0.2, 0.25) is 0 Å². The topological polar surface area (TPSA) is 25.8 Å². The smallest absolute Gasteiger partial charge is 0.0897 e. The van der Waals surface area contributed by atoms with Gasteiger partial charge in [0.25, 0.3) is 0 Å². The molecule has 2 nitrogen and oxygen atoms in total. The van der Waals surface area contributed by atoms with Crippen LogP contribution in [0.2, 0.25) is 0 Å². The lowest BCUT2D eigenvalue weighted by Gasteiger charge is -2.28. The summed E-state index contributed by atoms with van der Waals surface area (Å²) in [5.74, 6) is 0. The molecule has 22 heavy (non-hydrogen) atoms. The van der Waals surface area contributed by atoms with Gasteiger partial charge >= 0.3 is 0 Å². The molecule has 0 aliphatic rings. The Balaban J connectivity index is 2.40. The van der Waals surface area contributed by atoms with Crippen LogP contribution in [0, 0.1) is 0 Å². The molecule has 0 bridgehead atoms. The minimum Gasteiger partial charge on any atom is -0.249 e. The molecule has 0 N–H and O–H groups in total. The van der Waals surface area contributed by atoms with Gasteiger partial charge in [0, 0.05) is 10.8 Å². The van der Waals surface area contributed by atoms with Crippen LogP contribution in [-0.4, -0.2) is 9.97 Å². The third kappa shape index (κ3) is 2.58. The number of fused-ring (bicyclic) bond motifs is 2. The zero-order valence-corrected chi connectivity index (χ0v) is 14.4. The van der Waals surface area contributed by atoms with Crippen molar-refractivity contribution >= 4 is 21.8 Å². The zero-order valence-electron chi connectivity index (χ0n) is 14.4. The van der Waals surface area contributed by atoms with Crippen molar-refractivity contribution in [2.45, 2.75) is 52.4 Å². The molecule has 0 aliphatic carbocycles. The van der Waals surface area contributed by atoms with Gasteiger partial charge in [-0.25, -0.2) is 9.97 Å². The van der Waals surface area contributed by atoms with Crippen molar-refractivity contribution in [1.29, 1.82) is 0 Å². The van der Waals surface area contributed by atoms with Crippen LogP contribution in [0.3, 0.4) is 0 Å². The van der Waals surface area contributed by atoms with Gasteiger partial charge in [0.15, 0.2) is 0 Å². The summed E-state index contributed by atoms with van der Waals surface area (Å²) in [6, 6.07) is 12.7. The van der Waals surface area contributed by atoms with Gasteiger partial charge < -0.3 is 0 Å². The average Bonchev–Trinajstić information content (AvgIpc) is 2.41. The predicted molar refractivity (Wildman–Crippen MR) is 94.4 cm³/mol. The molecule has 2 aromatic carbocycles. The van der Waals surface area contributed by atoms with E-state index in [1.807, 2.05) is 0 Å². The lowest BCUT2D eigenvalue weighted by Crippen LogP contribution is -2.25. The predicted octanol–water partition coefficient (Wildman–Crippen LogP) is 5.38. The van der Waals surface area contributed by atoms with E-state index in [1.54, 1.807) is 0 Å². The normalized spacial score (nSPS) is 13.0. The Morgan fingerprint density at radius 1 is 0.636 bits per heavy atom. The second-order valence-corrected chi connectivity index (χ2v) is 8.11. The Morgan fingerprint density at radius 2 is 1.00 bits per heavy atom. The fourth-order valence-electron chi connectivity index (χ4n) is 2.79. The maximum absolute atomic E-state index is 5.00. The monoisotopic (exact) mass is 292 g/mol. The number of hydrogen-bond donors (Lipinski definition) is 0. The molecule has 3 rings (SSSR count). The van der Waals surface area contributed by atoms with E-state index in [0.29, 0.717) is 0 Å². The number of rotatable bonds is 0. The Bertz CT molecular complexity index is 777. The molecule has 0 radical (unpaired) electrons. The Kier molecular flexibility index (Phi) is 3.24. The minimum atomic E-state index is -0.0184. The Hall–Kier alpha value is -1.96. The van der Waals surface area contributed by atoms with E-state index in [1.165, 1.54) is 10.8 Å². The van der Waals surface area contributed by atoms with Gasteiger partial charge in [0.05, 0.1) is 22.4 Å². The zero-order chi connectivity index (χ0) is 16.1. The molecule has 1 heterocycles. The molecular formula is C20H24N2. The van der Waals surface area contributed by atoms with E-state index in [9.17, 15) is 0 Å². The highest BCUT2D eigenvalue weighted by molar-refractivity contribution is 5.94. The fraction of sp³-hybridized carbons (Fsp3) is 0.400.